The highest BCUT2D eigenvalue weighted by Gasteiger charge is 2.20. The number of amides is 1. The minimum Gasteiger partial charge on any atom is -0.444 e. The fraction of sp³-hybridized carbons (Fsp3) is 0.765. The molecule has 6 nitrogen and oxygen atoms in total. The lowest BCUT2D eigenvalue weighted by Gasteiger charge is -2.25. The van der Waals surface area contributed by atoms with Crippen LogP contribution in [0.3, 0.4) is 0 Å². The highest BCUT2D eigenvalue weighted by Crippen LogP contribution is 2.15. The van der Waals surface area contributed by atoms with Gasteiger partial charge in [-0.25, -0.2) is 9.78 Å². The molecule has 0 spiro atoms. The highest BCUT2D eigenvalue weighted by atomic mass is 16.6. The lowest BCUT2D eigenvalue weighted by atomic mass is 9.95. The van der Waals surface area contributed by atoms with Crippen LogP contribution in [-0.4, -0.2) is 29.8 Å². The number of nitrogens with zero attached hydrogens (tertiary/aromatic N) is 1. The zero-order chi connectivity index (χ0) is 17.6. The molecule has 0 aromatic carbocycles. The molecule has 1 rings (SSSR count). The summed E-state index contributed by atoms with van der Waals surface area (Å²) in [6.07, 6.45) is 1.34. The summed E-state index contributed by atoms with van der Waals surface area (Å²) in [5.41, 5.74) is -0.479. The van der Waals surface area contributed by atoms with Crippen molar-refractivity contribution in [3.63, 3.8) is 0 Å². The number of hydrogen-bond acceptors (Lipinski definition) is 5. The van der Waals surface area contributed by atoms with Gasteiger partial charge in [0.25, 0.3) is 0 Å². The fourth-order valence-electron chi connectivity index (χ4n) is 2.06. The summed E-state index contributed by atoms with van der Waals surface area (Å²) in [5, 5.41) is 6.27. The summed E-state index contributed by atoms with van der Waals surface area (Å²) in [6.45, 7) is 15.1. The Morgan fingerprint density at radius 3 is 2.43 bits per heavy atom. The van der Waals surface area contributed by atoms with Crippen molar-refractivity contribution in [3.8, 4) is 0 Å². The monoisotopic (exact) mass is 325 g/mol. The maximum Gasteiger partial charge on any atom is 0.407 e. The first-order valence-corrected chi connectivity index (χ1v) is 8.21. The molecule has 1 aromatic rings. The zero-order valence-electron chi connectivity index (χ0n) is 15.4. The SMILES string of the molecule is Cc1cnc(C(C)NCC(CNC(=O)OC(C)(C)C)C(C)C)o1. The molecule has 0 fully saturated rings. The molecule has 1 amide bonds. The largest absolute Gasteiger partial charge is 0.444 e. The van der Waals surface area contributed by atoms with E-state index >= 15 is 0 Å². The normalized spacial score (nSPS) is 14.6. The molecule has 1 aromatic heterocycles. The Balaban J connectivity index is 2.44. The second-order valence-electron chi connectivity index (χ2n) is 7.33. The quantitative estimate of drug-likeness (QED) is 0.803. The van der Waals surface area contributed by atoms with E-state index in [2.05, 4.69) is 29.5 Å². The molecule has 0 aliphatic carbocycles. The van der Waals surface area contributed by atoms with Gasteiger partial charge < -0.3 is 19.8 Å². The van der Waals surface area contributed by atoms with Gasteiger partial charge in [-0.1, -0.05) is 13.8 Å². The molecule has 0 bridgehead atoms. The first-order chi connectivity index (χ1) is 10.6. The van der Waals surface area contributed by atoms with E-state index in [1.54, 1.807) is 6.20 Å². The van der Waals surface area contributed by atoms with Gasteiger partial charge in [0.15, 0.2) is 0 Å². The third-order valence-electron chi connectivity index (χ3n) is 3.55. The van der Waals surface area contributed by atoms with E-state index in [9.17, 15) is 4.79 Å². The molecule has 2 atom stereocenters. The molecule has 2 unspecified atom stereocenters. The number of oxazole rings is 1. The molecule has 23 heavy (non-hydrogen) atoms. The van der Waals surface area contributed by atoms with Gasteiger partial charge in [0, 0.05) is 13.1 Å². The average molecular weight is 325 g/mol. The van der Waals surface area contributed by atoms with Crippen LogP contribution in [0.2, 0.25) is 0 Å². The average Bonchev–Trinajstić information content (AvgIpc) is 2.82. The van der Waals surface area contributed by atoms with E-state index in [-0.39, 0.29) is 12.1 Å². The van der Waals surface area contributed by atoms with Crippen molar-refractivity contribution in [1.29, 1.82) is 0 Å². The number of alkyl carbamates (subject to hydrolysis) is 1. The first kappa shape index (κ1) is 19.5. The van der Waals surface area contributed by atoms with E-state index in [4.69, 9.17) is 9.15 Å². The Labute approximate surface area is 139 Å². The van der Waals surface area contributed by atoms with Gasteiger partial charge >= 0.3 is 6.09 Å². The van der Waals surface area contributed by atoms with Crippen molar-refractivity contribution < 1.29 is 13.9 Å². The van der Waals surface area contributed by atoms with Gasteiger partial charge in [0.1, 0.15) is 11.4 Å². The van der Waals surface area contributed by atoms with Gasteiger partial charge in [0.2, 0.25) is 5.89 Å². The fourth-order valence-corrected chi connectivity index (χ4v) is 2.06. The molecule has 0 saturated heterocycles. The molecular formula is C17H31N3O3. The van der Waals surface area contributed by atoms with Crippen LogP contribution in [0.25, 0.3) is 0 Å². The second kappa shape index (κ2) is 8.34. The number of ether oxygens (including phenoxy) is 1. The number of aromatic nitrogens is 1. The molecular weight excluding hydrogens is 294 g/mol. The van der Waals surface area contributed by atoms with E-state index in [0.717, 1.165) is 12.3 Å². The third-order valence-corrected chi connectivity index (χ3v) is 3.55. The smallest absolute Gasteiger partial charge is 0.407 e. The number of nitrogens with one attached hydrogen (secondary N) is 2. The maximum absolute atomic E-state index is 11.8. The first-order valence-electron chi connectivity index (χ1n) is 8.21. The van der Waals surface area contributed by atoms with Crippen molar-refractivity contribution in [2.75, 3.05) is 13.1 Å². The highest BCUT2D eigenvalue weighted by molar-refractivity contribution is 5.67. The van der Waals surface area contributed by atoms with Crippen LogP contribution in [-0.2, 0) is 4.74 Å². The van der Waals surface area contributed by atoms with Gasteiger partial charge in [-0.2, -0.15) is 0 Å². The van der Waals surface area contributed by atoms with Gasteiger partial charge in [0.05, 0.1) is 12.2 Å². The second-order valence-corrected chi connectivity index (χ2v) is 7.33. The van der Waals surface area contributed by atoms with Crippen LogP contribution in [0.4, 0.5) is 4.79 Å². The van der Waals surface area contributed by atoms with E-state index in [1.165, 1.54) is 0 Å². The molecule has 0 radical (unpaired) electrons. The minimum atomic E-state index is -0.479. The number of rotatable bonds is 7. The number of hydrogen-bond donors (Lipinski definition) is 2. The van der Waals surface area contributed by atoms with Crippen molar-refractivity contribution in [2.45, 2.75) is 60.1 Å². The van der Waals surface area contributed by atoms with Crippen LogP contribution in [0, 0.1) is 18.8 Å². The molecule has 2 N–H and O–H groups in total. The van der Waals surface area contributed by atoms with Gasteiger partial charge in [-0.3, -0.25) is 0 Å². The number of carbonyl (C=O) groups excluding carboxylic acids is 1. The van der Waals surface area contributed by atoms with Crippen LogP contribution in [0.5, 0.6) is 0 Å². The lowest BCUT2D eigenvalue weighted by Crippen LogP contribution is -2.40. The van der Waals surface area contributed by atoms with E-state index < -0.39 is 5.60 Å². The van der Waals surface area contributed by atoms with E-state index in [0.29, 0.717) is 24.3 Å². The minimum absolute atomic E-state index is 0.0338. The Morgan fingerprint density at radius 1 is 1.30 bits per heavy atom. The summed E-state index contributed by atoms with van der Waals surface area (Å²) < 4.78 is 10.8. The summed E-state index contributed by atoms with van der Waals surface area (Å²) in [7, 11) is 0. The van der Waals surface area contributed by atoms with Crippen molar-refractivity contribution in [3.05, 3.63) is 17.8 Å². The van der Waals surface area contributed by atoms with Crippen LogP contribution >= 0.6 is 0 Å². The maximum atomic E-state index is 11.8. The third kappa shape index (κ3) is 7.50. The van der Waals surface area contributed by atoms with Gasteiger partial charge in [-0.15, -0.1) is 0 Å². The van der Waals surface area contributed by atoms with Crippen molar-refractivity contribution >= 4 is 6.09 Å². The predicted molar refractivity (Wildman–Crippen MR) is 90.2 cm³/mol. The molecule has 0 saturated carbocycles. The summed E-state index contributed by atoms with van der Waals surface area (Å²) in [6, 6.07) is 0.0338. The van der Waals surface area contributed by atoms with E-state index in [1.807, 2.05) is 34.6 Å². The van der Waals surface area contributed by atoms with Crippen LogP contribution in [0.1, 0.15) is 59.2 Å². The Morgan fingerprint density at radius 2 is 1.96 bits per heavy atom. The molecule has 132 valence electrons. The Kier molecular flexibility index (Phi) is 7.06. The molecule has 0 aliphatic rings. The Hall–Kier alpha value is -1.56. The Bertz CT molecular complexity index is 492. The number of aryl methyl sites for hydroxylation is 1. The van der Waals surface area contributed by atoms with Gasteiger partial charge in [-0.05, 0) is 46.5 Å². The van der Waals surface area contributed by atoms with Crippen molar-refractivity contribution in [1.82, 2.24) is 15.6 Å². The summed E-state index contributed by atoms with van der Waals surface area (Å²) >= 11 is 0. The molecule has 6 heteroatoms. The summed E-state index contributed by atoms with van der Waals surface area (Å²) in [5.74, 6) is 2.21. The zero-order valence-corrected chi connectivity index (χ0v) is 15.4. The topological polar surface area (TPSA) is 76.4 Å². The predicted octanol–water partition coefficient (Wildman–Crippen LogP) is 3.43. The standard InChI is InChI=1S/C17H31N3O3/c1-11(2)14(10-20-16(21)23-17(5,6)7)9-18-13(4)15-19-8-12(3)22-15/h8,11,13-14,18H,9-10H2,1-7H3,(H,20,21). The number of carbonyl (C=O) groups is 1. The summed E-state index contributed by atoms with van der Waals surface area (Å²) in [4.78, 5) is 16.0. The molecule has 0 aliphatic heterocycles. The van der Waals surface area contributed by atoms with Crippen molar-refractivity contribution in [2.24, 2.45) is 11.8 Å². The van der Waals surface area contributed by atoms with Crippen LogP contribution < -0.4 is 10.6 Å². The molecule has 1 heterocycles. The lowest BCUT2D eigenvalue weighted by molar-refractivity contribution is 0.0514. The van der Waals surface area contributed by atoms with Crippen LogP contribution in [0.15, 0.2) is 10.6 Å².